The van der Waals surface area contributed by atoms with Crippen molar-refractivity contribution < 1.29 is 9.90 Å². The van der Waals surface area contributed by atoms with E-state index in [-0.39, 0.29) is 0 Å². The van der Waals surface area contributed by atoms with Crippen LogP contribution in [0.2, 0.25) is 0 Å². The number of carboxylic acid groups (broad SMARTS) is 1. The molecular weight excluding hydrogens is 228 g/mol. The number of benzene rings is 1. The first-order valence-electron chi connectivity index (χ1n) is 6.02. The number of imidazole rings is 1. The summed E-state index contributed by atoms with van der Waals surface area (Å²) >= 11 is 0. The summed E-state index contributed by atoms with van der Waals surface area (Å²) in [5.41, 5.74) is 2.90. The van der Waals surface area contributed by atoms with Gasteiger partial charge in [-0.25, -0.2) is 9.78 Å². The minimum Gasteiger partial charge on any atom is -0.478 e. The maximum Gasteiger partial charge on any atom is 0.328 e. The van der Waals surface area contributed by atoms with Gasteiger partial charge in [0.25, 0.3) is 0 Å². The van der Waals surface area contributed by atoms with E-state index in [4.69, 9.17) is 5.11 Å². The SMILES string of the molecule is Cn1c(C2CC2)nc2cc(/C=C/C(=O)O)ccc21. The zero-order valence-electron chi connectivity index (χ0n) is 10.1. The van der Waals surface area contributed by atoms with E-state index in [0.29, 0.717) is 5.92 Å². The van der Waals surface area contributed by atoms with Crippen molar-refractivity contribution in [2.75, 3.05) is 0 Å². The van der Waals surface area contributed by atoms with Crippen molar-refractivity contribution in [1.29, 1.82) is 0 Å². The summed E-state index contributed by atoms with van der Waals surface area (Å²) in [6, 6.07) is 5.84. The normalized spacial score (nSPS) is 15.6. The van der Waals surface area contributed by atoms with Gasteiger partial charge in [0.2, 0.25) is 0 Å². The van der Waals surface area contributed by atoms with Gasteiger partial charge < -0.3 is 9.67 Å². The Kier molecular flexibility index (Phi) is 2.44. The van der Waals surface area contributed by atoms with Crippen molar-refractivity contribution >= 4 is 23.1 Å². The molecule has 0 bridgehead atoms. The van der Waals surface area contributed by atoms with Crippen LogP contribution >= 0.6 is 0 Å². The van der Waals surface area contributed by atoms with E-state index >= 15 is 0 Å². The summed E-state index contributed by atoms with van der Waals surface area (Å²) in [7, 11) is 2.04. The lowest BCUT2D eigenvalue weighted by Gasteiger charge is -1.99. The number of rotatable bonds is 3. The van der Waals surface area contributed by atoms with E-state index in [9.17, 15) is 4.79 Å². The molecule has 92 valence electrons. The molecular formula is C14H14N2O2. The summed E-state index contributed by atoms with van der Waals surface area (Å²) in [5.74, 6) is 0.819. The number of hydrogen-bond donors (Lipinski definition) is 1. The number of aliphatic carboxylic acids is 1. The van der Waals surface area contributed by atoms with Crippen molar-refractivity contribution in [3.05, 3.63) is 35.7 Å². The van der Waals surface area contributed by atoms with Gasteiger partial charge in [-0.15, -0.1) is 0 Å². The third-order valence-electron chi connectivity index (χ3n) is 3.30. The Morgan fingerprint density at radius 3 is 2.94 bits per heavy atom. The third-order valence-corrected chi connectivity index (χ3v) is 3.30. The molecule has 18 heavy (non-hydrogen) atoms. The number of carboxylic acids is 1. The molecule has 0 aliphatic heterocycles. The zero-order chi connectivity index (χ0) is 12.7. The fourth-order valence-electron chi connectivity index (χ4n) is 2.21. The largest absolute Gasteiger partial charge is 0.478 e. The molecule has 1 fully saturated rings. The van der Waals surface area contributed by atoms with Gasteiger partial charge in [0.05, 0.1) is 11.0 Å². The molecule has 0 atom stereocenters. The van der Waals surface area contributed by atoms with Crippen LogP contribution in [0.3, 0.4) is 0 Å². The molecule has 0 unspecified atom stereocenters. The molecule has 1 aliphatic rings. The van der Waals surface area contributed by atoms with Gasteiger partial charge in [0, 0.05) is 19.0 Å². The first-order valence-corrected chi connectivity index (χ1v) is 6.02. The first-order chi connectivity index (χ1) is 8.65. The number of fused-ring (bicyclic) bond motifs is 1. The van der Waals surface area contributed by atoms with Crippen LogP contribution in [0.15, 0.2) is 24.3 Å². The third kappa shape index (κ3) is 1.90. The summed E-state index contributed by atoms with van der Waals surface area (Å²) < 4.78 is 2.14. The number of carbonyl (C=O) groups is 1. The lowest BCUT2D eigenvalue weighted by Crippen LogP contribution is -1.94. The predicted molar refractivity (Wildman–Crippen MR) is 69.4 cm³/mol. The van der Waals surface area contributed by atoms with Crippen LogP contribution in [0.4, 0.5) is 0 Å². The number of hydrogen-bond acceptors (Lipinski definition) is 2. The van der Waals surface area contributed by atoms with Crippen LogP contribution in [0.5, 0.6) is 0 Å². The van der Waals surface area contributed by atoms with E-state index in [1.807, 2.05) is 25.2 Å². The topological polar surface area (TPSA) is 55.1 Å². The predicted octanol–water partition coefficient (Wildman–Crippen LogP) is 2.55. The Balaban J connectivity index is 2.04. The fourth-order valence-corrected chi connectivity index (χ4v) is 2.21. The summed E-state index contributed by atoms with van der Waals surface area (Å²) in [6.45, 7) is 0. The zero-order valence-corrected chi connectivity index (χ0v) is 10.1. The maximum absolute atomic E-state index is 10.5. The van der Waals surface area contributed by atoms with Crippen LogP contribution in [-0.2, 0) is 11.8 Å². The first kappa shape index (κ1) is 11.0. The average molecular weight is 242 g/mol. The molecule has 0 saturated heterocycles. The van der Waals surface area contributed by atoms with E-state index in [2.05, 4.69) is 9.55 Å². The molecule has 1 heterocycles. The Labute approximate surface area is 105 Å². The second-order valence-electron chi connectivity index (χ2n) is 4.72. The second-order valence-corrected chi connectivity index (χ2v) is 4.72. The Hall–Kier alpha value is -2.10. The molecule has 0 spiro atoms. The van der Waals surface area contributed by atoms with Gasteiger partial charge >= 0.3 is 5.97 Å². The molecule has 0 amide bonds. The smallest absolute Gasteiger partial charge is 0.328 e. The quantitative estimate of drug-likeness (QED) is 0.841. The van der Waals surface area contributed by atoms with Crippen LogP contribution in [0.1, 0.15) is 30.1 Å². The van der Waals surface area contributed by atoms with Gasteiger partial charge in [0.15, 0.2) is 0 Å². The summed E-state index contributed by atoms with van der Waals surface area (Å²) in [5, 5.41) is 8.61. The number of aromatic nitrogens is 2. The van der Waals surface area contributed by atoms with Gasteiger partial charge in [-0.05, 0) is 36.6 Å². The van der Waals surface area contributed by atoms with Crippen LogP contribution in [0.25, 0.3) is 17.1 Å². The average Bonchev–Trinajstić information content (AvgIpc) is 3.13. The number of nitrogens with zero attached hydrogens (tertiary/aromatic N) is 2. The van der Waals surface area contributed by atoms with Gasteiger partial charge in [0.1, 0.15) is 5.82 Å². The van der Waals surface area contributed by atoms with Crippen LogP contribution in [0, 0.1) is 0 Å². The lowest BCUT2D eigenvalue weighted by atomic mass is 10.2. The van der Waals surface area contributed by atoms with Crippen LogP contribution < -0.4 is 0 Å². The van der Waals surface area contributed by atoms with Crippen molar-refractivity contribution in [3.63, 3.8) is 0 Å². The second kappa shape index (κ2) is 3.98. The molecule has 1 aromatic carbocycles. The molecule has 1 saturated carbocycles. The van der Waals surface area contributed by atoms with Gasteiger partial charge in [-0.1, -0.05) is 6.07 Å². The standard InChI is InChI=1S/C14H14N2O2/c1-16-12-6-2-9(3-7-13(17)18)8-11(12)15-14(16)10-4-5-10/h2-3,6-8,10H,4-5H2,1H3,(H,17,18)/b7-3+. The molecule has 4 heteroatoms. The highest BCUT2D eigenvalue weighted by molar-refractivity contribution is 5.87. The fraction of sp³-hybridized carbons (Fsp3) is 0.286. The lowest BCUT2D eigenvalue weighted by molar-refractivity contribution is -0.131. The minimum atomic E-state index is -0.935. The van der Waals surface area contributed by atoms with E-state index in [1.54, 1.807) is 6.08 Å². The molecule has 2 aromatic rings. The number of aryl methyl sites for hydroxylation is 1. The highest BCUT2D eigenvalue weighted by Crippen LogP contribution is 2.40. The summed E-state index contributed by atoms with van der Waals surface area (Å²) in [6.07, 6.45) is 5.19. The Morgan fingerprint density at radius 1 is 1.50 bits per heavy atom. The minimum absolute atomic E-state index is 0.611. The van der Waals surface area contributed by atoms with E-state index in [0.717, 1.165) is 28.5 Å². The molecule has 4 nitrogen and oxygen atoms in total. The maximum atomic E-state index is 10.5. The Bertz CT molecular complexity index is 651. The molecule has 0 radical (unpaired) electrons. The highest BCUT2D eigenvalue weighted by atomic mass is 16.4. The molecule has 1 aliphatic carbocycles. The monoisotopic (exact) mass is 242 g/mol. The Morgan fingerprint density at radius 2 is 2.28 bits per heavy atom. The van der Waals surface area contributed by atoms with E-state index < -0.39 is 5.97 Å². The van der Waals surface area contributed by atoms with Crippen molar-refractivity contribution in [1.82, 2.24) is 9.55 Å². The van der Waals surface area contributed by atoms with Crippen molar-refractivity contribution in [2.24, 2.45) is 7.05 Å². The molecule has 3 rings (SSSR count). The highest BCUT2D eigenvalue weighted by Gasteiger charge is 2.28. The van der Waals surface area contributed by atoms with E-state index in [1.165, 1.54) is 12.8 Å². The summed E-state index contributed by atoms with van der Waals surface area (Å²) in [4.78, 5) is 15.1. The molecule has 1 N–H and O–H groups in total. The van der Waals surface area contributed by atoms with Crippen LogP contribution in [-0.4, -0.2) is 20.6 Å². The van der Waals surface area contributed by atoms with Gasteiger partial charge in [-0.2, -0.15) is 0 Å². The van der Waals surface area contributed by atoms with Gasteiger partial charge in [-0.3, -0.25) is 0 Å². The van der Waals surface area contributed by atoms with Crippen molar-refractivity contribution in [3.8, 4) is 0 Å². The van der Waals surface area contributed by atoms with Crippen molar-refractivity contribution in [2.45, 2.75) is 18.8 Å². The molecule has 1 aromatic heterocycles.